The van der Waals surface area contributed by atoms with Crippen LogP contribution in [-0.4, -0.2) is 7.85 Å². The van der Waals surface area contributed by atoms with Crippen LogP contribution in [0.3, 0.4) is 0 Å². The molecule has 0 aliphatic carbocycles. The number of hydrogen-bond donors (Lipinski definition) is 0. The lowest BCUT2D eigenvalue weighted by Gasteiger charge is -1.96. The molecular formula is C28H12BBrI2O4S2. The summed E-state index contributed by atoms with van der Waals surface area (Å²) in [6.07, 6.45) is 0. The standard InChI is InChI=1S/C28H12BBrI2O4S2/c1-9-3-5-11-13(7-9)33-21(17(11)31)25-15(29)19-27(37-25)23-24(35-19)28-20(36-23)16(30)26(38-28)22-18(32)12-6-4-10(2)8-14(12)34-22/h3-8H,1-2H3. The van der Waals surface area contributed by atoms with Crippen LogP contribution in [-0.2, 0) is 0 Å². The van der Waals surface area contributed by atoms with Crippen molar-refractivity contribution in [3.63, 3.8) is 0 Å². The second kappa shape index (κ2) is 8.39. The molecule has 38 heavy (non-hydrogen) atoms. The van der Waals surface area contributed by atoms with E-state index in [0.717, 1.165) is 80.9 Å². The molecule has 0 bridgehead atoms. The van der Waals surface area contributed by atoms with Gasteiger partial charge in [-0.3, -0.25) is 0 Å². The minimum Gasteiger partial charge on any atom is -0.454 e. The van der Waals surface area contributed by atoms with Crippen molar-refractivity contribution in [3.8, 4) is 21.3 Å². The van der Waals surface area contributed by atoms with E-state index in [2.05, 4.69) is 105 Å². The van der Waals surface area contributed by atoms with Crippen molar-refractivity contribution in [2.75, 3.05) is 0 Å². The maximum Gasteiger partial charge on any atom is 0.192 e. The molecule has 0 spiro atoms. The normalized spacial score (nSPS) is 12.4. The van der Waals surface area contributed by atoms with Gasteiger partial charge >= 0.3 is 0 Å². The molecule has 10 heteroatoms. The second-order valence-electron chi connectivity index (χ2n) is 9.26. The van der Waals surface area contributed by atoms with Gasteiger partial charge in [0.2, 0.25) is 0 Å². The first-order valence-corrected chi connectivity index (χ1v) is 16.1. The molecule has 184 valence electrons. The van der Waals surface area contributed by atoms with Crippen LogP contribution in [0.5, 0.6) is 0 Å². The Bertz CT molecular complexity index is 2120. The molecule has 0 amide bonds. The molecule has 6 heterocycles. The minimum atomic E-state index is 0.566. The predicted molar refractivity (Wildman–Crippen MR) is 178 cm³/mol. The van der Waals surface area contributed by atoms with Crippen molar-refractivity contribution in [2.24, 2.45) is 0 Å². The van der Waals surface area contributed by atoms with Gasteiger partial charge in [-0.2, -0.15) is 0 Å². The van der Waals surface area contributed by atoms with Crippen LogP contribution in [0.4, 0.5) is 0 Å². The minimum absolute atomic E-state index is 0.566. The van der Waals surface area contributed by atoms with Crippen LogP contribution < -0.4 is 5.46 Å². The zero-order chi connectivity index (χ0) is 26.0. The molecule has 0 unspecified atom stereocenters. The number of halogens is 3. The fourth-order valence-electron chi connectivity index (χ4n) is 4.86. The van der Waals surface area contributed by atoms with Gasteiger partial charge in [-0.1, -0.05) is 12.1 Å². The van der Waals surface area contributed by atoms with E-state index in [9.17, 15) is 0 Å². The second-order valence-corrected chi connectivity index (χ2v) is 14.3. The van der Waals surface area contributed by atoms with Crippen molar-refractivity contribution >= 4 is 151 Å². The number of furan rings is 4. The Hall–Kier alpha value is -1.74. The van der Waals surface area contributed by atoms with Gasteiger partial charge in [0.25, 0.3) is 0 Å². The molecule has 2 aromatic carbocycles. The SMILES string of the molecule is [B]c1c(-c2oc3cc(C)ccc3c2I)sc2c1oc1c2oc2c(Br)c(-c3oc4cc(C)ccc4c3I)sc21. The number of fused-ring (bicyclic) bond motifs is 7. The summed E-state index contributed by atoms with van der Waals surface area (Å²) in [6.45, 7) is 4.12. The summed E-state index contributed by atoms with van der Waals surface area (Å²) in [5.74, 6) is 1.59. The van der Waals surface area contributed by atoms with Crippen LogP contribution >= 0.6 is 83.8 Å². The van der Waals surface area contributed by atoms with Gasteiger partial charge in [0, 0.05) is 10.8 Å². The van der Waals surface area contributed by atoms with E-state index in [1.54, 1.807) is 11.3 Å². The molecule has 8 rings (SSSR count). The van der Waals surface area contributed by atoms with E-state index in [0.29, 0.717) is 22.2 Å². The summed E-state index contributed by atoms with van der Waals surface area (Å²) < 4.78 is 30.1. The number of benzene rings is 2. The number of aryl methyl sites for hydroxylation is 2. The molecule has 0 saturated heterocycles. The third kappa shape index (κ3) is 3.23. The summed E-state index contributed by atoms with van der Waals surface area (Å²) in [5, 5.41) is 2.17. The number of rotatable bonds is 2. The molecule has 8 aromatic rings. The average molecular weight is 821 g/mol. The van der Waals surface area contributed by atoms with Gasteiger partial charge in [0.05, 0.1) is 21.4 Å². The van der Waals surface area contributed by atoms with Crippen LogP contribution in [0.2, 0.25) is 0 Å². The molecule has 0 atom stereocenters. The first kappa shape index (κ1) is 24.1. The van der Waals surface area contributed by atoms with Gasteiger partial charge in [-0.05, 0) is 116 Å². The van der Waals surface area contributed by atoms with Crippen LogP contribution in [0.25, 0.3) is 74.9 Å². The number of thiophene rings is 2. The number of hydrogen-bond acceptors (Lipinski definition) is 6. The molecule has 0 aliphatic rings. The van der Waals surface area contributed by atoms with Crippen molar-refractivity contribution in [3.05, 3.63) is 59.1 Å². The first-order valence-electron chi connectivity index (χ1n) is 11.5. The highest BCUT2D eigenvalue weighted by atomic mass is 127. The van der Waals surface area contributed by atoms with Crippen molar-refractivity contribution in [1.29, 1.82) is 0 Å². The molecule has 6 aromatic heterocycles. The van der Waals surface area contributed by atoms with Gasteiger partial charge in [-0.15, -0.1) is 22.7 Å². The largest absolute Gasteiger partial charge is 0.454 e. The lowest BCUT2D eigenvalue weighted by Crippen LogP contribution is -2.01. The zero-order valence-electron chi connectivity index (χ0n) is 19.6. The zero-order valence-corrected chi connectivity index (χ0v) is 27.2. The lowest BCUT2D eigenvalue weighted by molar-refractivity contribution is 0.629. The maximum atomic E-state index is 6.65. The Morgan fingerprint density at radius 2 is 1.18 bits per heavy atom. The molecular weight excluding hydrogens is 809 g/mol. The summed E-state index contributed by atoms with van der Waals surface area (Å²) >= 11 is 11.6. The quantitative estimate of drug-likeness (QED) is 0.129. The maximum absolute atomic E-state index is 6.65. The summed E-state index contributed by atoms with van der Waals surface area (Å²) in [5.41, 5.74) is 7.39. The summed E-state index contributed by atoms with van der Waals surface area (Å²) in [7, 11) is 6.65. The Morgan fingerprint density at radius 3 is 1.79 bits per heavy atom. The van der Waals surface area contributed by atoms with E-state index in [1.165, 1.54) is 11.3 Å². The Labute approximate surface area is 260 Å². The van der Waals surface area contributed by atoms with Crippen LogP contribution in [0.15, 0.2) is 58.5 Å². The van der Waals surface area contributed by atoms with E-state index < -0.39 is 0 Å². The van der Waals surface area contributed by atoms with Gasteiger partial charge < -0.3 is 17.7 Å². The molecule has 2 radical (unpaired) electrons. The van der Waals surface area contributed by atoms with Crippen molar-refractivity contribution in [2.45, 2.75) is 13.8 Å². The smallest absolute Gasteiger partial charge is 0.192 e. The highest BCUT2D eigenvalue weighted by Crippen LogP contribution is 2.52. The molecule has 0 saturated carbocycles. The summed E-state index contributed by atoms with van der Waals surface area (Å²) in [6, 6.07) is 12.5. The summed E-state index contributed by atoms with van der Waals surface area (Å²) in [4.78, 5) is 1.82. The average Bonchev–Trinajstić information content (AvgIpc) is 3.69. The highest BCUT2D eigenvalue weighted by molar-refractivity contribution is 14.1. The molecule has 0 fully saturated rings. The topological polar surface area (TPSA) is 52.6 Å². The van der Waals surface area contributed by atoms with Crippen molar-refractivity contribution < 1.29 is 17.7 Å². The Morgan fingerprint density at radius 1 is 0.684 bits per heavy atom. The lowest BCUT2D eigenvalue weighted by atomic mass is 9.95. The van der Waals surface area contributed by atoms with Crippen molar-refractivity contribution in [1.82, 2.24) is 0 Å². The van der Waals surface area contributed by atoms with Crippen LogP contribution in [0.1, 0.15) is 11.1 Å². The third-order valence-corrected chi connectivity index (χ3v) is 12.2. The van der Waals surface area contributed by atoms with Gasteiger partial charge in [0.1, 0.15) is 34.0 Å². The Kier molecular flexibility index (Phi) is 5.32. The highest BCUT2D eigenvalue weighted by Gasteiger charge is 2.29. The van der Waals surface area contributed by atoms with E-state index in [4.69, 9.17) is 25.5 Å². The fraction of sp³-hybridized carbons (Fsp3) is 0.0714. The van der Waals surface area contributed by atoms with Gasteiger partial charge in [-0.25, -0.2) is 0 Å². The third-order valence-electron chi connectivity index (χ3n) is 6.72. The fourth-order valence-corrected chi connectivity index (χ4v) is 9.91. The monoisotopic (exact) mass is 820 g/mol. The Balaban J connectivity index is 1.31. The van der Waals surface area contributed by atoms with E-state index in [1.807, 2.05) is 6.07 Å². The molecule has 0 N–H and O–H groups in total. The molecule has 4 nitrogen and oxygen atoms in total. The molecule has 0 aliphatic heterocycles. The predicted octanol–water partition coefficient (Wildman–Crippen LogP) is 10.7. The van der Waals surface area contributed by atoms with E-state index >= 15 is 0 Å². The van der Waals surface area contributed by atoms with Crippen LogP contribution in [0, 0.1) is 21.0 Å². The van der Waals surface area contributed by atoms with E-state index in [-0.39, 0.29) is 0 Å². The van der Waals surface area contributed by atoms with Gasteiger partial charge in [0.15, 0.2) is 28.3 Å². The first-order chi connectivity index (χ1) is 18.3.